The minimum absolute atomic E-state index is 0.262. The Hall–Kier alpha value is -3.75. The quantitative estimate of drug-likeness (QED) is 0.308. The van der Waals surface area contributed by atoms with Crippen molar-refractivity contribution in [3.8, 4) is 17.2 Å². The molecule has 0 aromatic heterocycles. The zero-order valence-corrected chi connectivity index (χ0v) is 21.0. The molecule has 8 nitrogen and oxygen atoms in total. The Balaban J connectivity index is 1.69. The fourth-order valence-corrected chi connectivity index (χ4v) is 3.64. The monoisotopic (exact) mass is 515 g/mol. The third-order valence-corrected chi connectivity index (χ3v) is 5.54. The largest absolute Gasteiger partial charge is 0.493 e. The molecule has 0 saturated carbocycles. The van der Waals surface area contributed by atoms with Crippen molar-refractivity contribution in [3.63, 3.8) is 0 Å². The normalized spacial score (nSPS) is 11.0. The van der Waals surface area contributed by atoms with Gasteiger partial charge >= 0.3 is 0 Å². The fraction of sp³-hybridized carbons (Fsp3) is 0.160. The summed E-state index contributed by atoms with van der Waals surface area (Å²) < 4.78 is 15.8. The summed E-state index contributed by atoms with van der Waals surface area (Å²) in [7, 11) is 4.42. The summed E-state index contributed by atoms with van der Waals surface area (Å²) in [4.78, 5) is 25.1. The zero-order valence-electron chi connectivity index (χ0n) is 19.4. The Morgan fingerprint density at radius 2 is 1.43 bits per heavy atom. The van der Waals surface area contributed by atoms with Gasteiger partial charge in [-0.15, -0.1) is 0 Å². The molecule has 35 heavy (non-hydrogen) atoms. The molecule has 182 valence electrons. The topological polar surface area (TPSA) is 98.2 Å². The van der Waals surface area contributed by atoms with Crippen LogP contribution in [0.4, 0.5) is 5.69 Å². The lowest BCUT2D eigenvalue weighted by Gasteiger charge is -2.13. The van der Waals surface area contributed by atoms with Gasteiger partial charge in [-0.2, -0.15) is 5.10 Å². The number of carbonyl (C=O) groups is 2. The Morgan fingerprint density at radius 1 is 0.800 bits per heavy atom. The fourth-order valence-electron chi connectivity index (χ4n) is 3.14. The van der Waals surface area contributed by atoms with Crippen molar-refractivity contribution in [1.29, 1.82) is 0 Å². The highest BCUT2D eigenvalue weighted by molar-refractivity contribution is 6.37. The molecule has 0 bridgehead atoms. The summed E-state index contributed by atoms with van der Waals surface area (Å²) in [5.74, 6) is 0.289. The first-order chi connectivity index (χ1) is 16.8. The van der Waals surface area contributed by atoms with E-state index in [9.17, 15) is 9.59 Å². The molecule has 0 saturated heterocycles. The van der Waals surface area contributed by atoms with E-state index in [4.69, 9.17) is 37.4 Å². The van der Waals surface area contributed by atoms with E-state index in [1.807, 2.05) is 0 Å². The minimum Gasteiger partial charge on any atom is -0.493 e. The van der Waals surface area contributed by atoms with Crippen molar-refractivity contribution in [3.05, 3.63) is 81.3 Å². The number of anilines is 1. The Bertz CT molecular complexity index is 1250. The molecule has 0 unspecified atom stereocenters. The summed E-state index contributed by atoms with van der Waals surface area (Å²) in [5, 5.41) is 7.66. The molecule has 0 aliphatic carbocycles. The Kier molecular flexibility index (Phi) is 8.57. The molecule has 3 aromatic carbocycles. The third-order valence-electron chi connectivity index (χ3n) is 4.99. The molecule has 0 spiro atoms. The Morgan fingerprint density at radius 3 is 1.97 bits per heavy atom. The highest BCUT2D eigenvalue weighted by Gasteiger charge is 2.17. The Labute approximate surface area is 212 Å². The summed E-state index contributed by atoms with van der Waals surface area (Å²) in [6, 6.07) is 14.7. The molecule has 0 atom stereocenters. The maximum absolute atomic E-state index is 12.6. The molecule has 3 rings (SSSR count). The van der Waals surface area contributed by atoms with Gasteiger partial charge in [-0.3, -0.25) is 9.59 Å². The van der Waals surface area contributed by atoms with Crippen LogP contribution < -0.4 is 25.0 Å². The maximum atomic E-state index is 12.6. The zero-order chi connectivity index (χ0) is 25.5. The molecule has 0 aliphatic rings. The summed E-state index contributed by atoms with van der Waals surface area (Å²) in [5.41, 5.74) is 4.99. The van der Waals surface area contributed by atoms with Crippen LogP contribution in [0.2, 0.25) is 10.0 Å². The van der Waals surface area contributed by atoms with Gasteiger partial charge in [-0.05, 0) is 55.0 Å². The molecule has 0 heterocycles. The van der Waals surface area contributed by atoms with Crippen LogP contribution in [0.3, 0.4) is 0 Å². The van der Waals surface area contributed by atoms with Crippen molar-refractivity contribution < 1.29 is 23.8 Å². The summed E-state index contributed by atoms with van der Waals surface area (Å²) in [6.07, 6.45) is 0. The van der Waals surface area contributed by atoms with E-state index in [2.05, 4.69) is 15.8 Å². The smallest absolute Gasteiger partial charge is 0.271 e. The van der Waals surface area contributed by atoms with Gasteiger partial charge < -0.3 is 19.5 Å². The van der Waals surface area contributed by atoms with Gasteiger partial charge in [-0.25, -0.2) is 5.43 Å². The molecule has 2 amide bonds. The number of hydrogen-bond acceptors (Lipinski definition) is 6. The van der Waals surface area contributed by atoms with E-state index < -0.39 is 5.91 Å². The molecule has 0 fully saturated rings. The first-order valence-corrected chi connectivity index (χ1v) is 11.0. The number of carbonyl (C=O) groups excluding carboxylic acids is 2. The SMILES string of the molecule is COc1cc(C(=O)NN=C(C)c2ccc(NC(=O)c3ccc(Cl)cc3Cl)cc2)cc(OC)c1OC. The minimum atomic E-state index is -0.452. The highest BCUT2D eigenvalue weighted by atomic mass is 35.5. The van der Waals surface area contributed by atoms with E-state index >= 15 is 0 Å². The molecule has 0 aliphatic heterocycles. The predicted octanol–water partition coefficient (Wildman–Crippen LogP) is 5.43. The molecule has 3 aromatic rings. The average molecular weight is 516 g/mol. The third kappa shape index (κ3) is 6.23. The lowest BCUT2D eigenvalue weighted by Crippen LogP contribution is -2.19. The van der Waals surface area contributed by atoms with E-state index in [0.29, 0.717) is 39.2 Å². The first-order valence-electron chi connectivity index (χ1n) is 10.3. The number of hydrazone groups is 1. The molecule has 0 radical (unpaired) electrons. The second-order valence-electron chi connectivity index (χ2n) is 7.21. The van der Waals surface area contributed by atoms with Crippen LogP contribution in [0.15, 0.2) is 59.7 Å². The van der Waals surface area contributed by atoms with Crippen molar-refractivity contribution in [1.82, 2.24) is 5.43 Å². The van der Waals surface area contributed by atoms with Crippen LogP contribution in [-0.2, 0) is 0 Å². The van der Waals surface area contributed by atoms with Crippen LogP contribution in [0.5, 0.6) is 17.2 Å². The van der Waals surface area contributed by atoms with Gasteiger partial charge in [0.25, 0.3) is 11.8 Å². The number of nitrogens with zero attached hydrogens (tertiary/aromatic N) is 1. The lowest BCUT2D eigenvalue weighted by molar-refractivity contribution is 0.0953. The van der Waals surface area contributed by atoms with Crippen LogP contribution in [0.1, 0.15) is 33.2 Å². The van der Waals surface area contributed by atoms with Crippen molar-refractivity contribution in [2.24, 2.45) is 5.10 Å². The standard InChI is InChI=1S/C25H23Cl2N3O5/c1-14(29-30-24(31)16-11-21(33-2)23(35-4)22(12-16)34-3)15-5-8-18(9-6-15)28-25(32)19-10-7-17(26)13-20(19)27/h5-13H,1-4H3,(H,28,32)(H,30,31). The van der Waals surface area contributed by atoms with Crippen molar-refractivity contribution in [2.75, 3.05) is 26.6 Å². The number of rotatable bonds is 8. The number of nitrogens with one attached hydrogen (secondary N) is 2. The van der Waals surface area contributed by atoms with Crippen molar-refractivity contribution in [2.45, 2.75) is 6.92 Å². The summed E-state index contributed by atoms with van der Waals surface area (Å²) >= 11 is 12.0. The number of methoxy groups -OCH3 is 3. The van der Waals surface area contributed by atoms with Crippen LogP contribution >= 0.6 is 23.2 Å². The van der Waals surface area contributed by atoms with E-state index in [1.54, 1.807) is 43.3 Å². The number of ether oxygens (including phenoxy) is 3. The van der Waals surface area contributed by atoms with Crippen molar-refractivity contribution >= 4 is 46.4 Å². The molecule has 10 heteroatoms. The van der Waals surface area contributed by atoms with Gasteiger partial charge in [0, 0.05) is 16.3 Å². The van der Waals surface area contributed by atoms with Crippen LogP contribution in [0, 0.1) is 0 Å². The van der Waals surface area contributed by atoms with Crippen LogP contribution in [-0.4, -0.2) is 38.9 Å². The van der Waals surface area contributed by atoms with Gasteiger partial charge in [0.2, 0.25) is 5.75 Å². The van der Waals surface area contributed by atoms with Gasteiger partial charge in [-0.1, -0.05) is 35.3 Å². The lowest BCUT2D eigenvalue weighted by atomic mass is 10.1. The second-order valence-corrected chi connectivity index (χ2v) is 8.05. The van der Waals surface area contributed by atoms with Crippen LogP contribution in [0.25, 0.3) is 0 Å². The average Bonchev–Trinajstić information content (AvgIpc) is 2.86. The maximum Gasteiger partial charge on any atom is 0.271 e. The summed E-state index contributed by atoms with van der Waals surface area (Å²) in [6.45, 7) is 1.75. The van der Waals surface area contributed by atoms with E-state index in [-0.39, 0.29) is 16.5 Å². The predicted molar refractivity (Wildman–Crippen MR) is 137 cm³/mol. The highest BCUT2D eigenvalue weighted by Crippen LogP contribution is 2.38. The first kappa shape index (κ1) is 25.9. The molecular formula is C25H23Cl2N3O5. The number of amides is 2. The number of benzene rings is 3. The van der Waals surface area contributed by atoms with Gasteiger partial charge in [0.05, 0.1) is 37.6 Å². The van der Waals surface area contributed by atoms with Gasteiger partial charge in [0.1, 0.15) is 0 Å². The van der Waals surface area contributed by atoms with E-state index in [1.165, 1.54) is 39.5 Å². The number of hydrogen-bond donors (Lipinski definition) is 2. The molecule has 2 N–H and O–H groups in total. The molecular weight excluding hydrogens is 493 g/mol. The van der Waals surface area contributed by atoms with Gasteiger partial charge in [0.15, 0.2) is 11.5 Å². The van der Waals surface area contributed by atoms with E-state index in [0.717, 1.165) is 5.56 Å². The number of halogens is 2. The second kappa shape index (κ2) is 11.6.